The lowest BCUT2D eigenvalue weighted by Crippen LogP contribution is -2.43. The Labute approximate surface area is 142 Å². The van der Waals surface area contributed by atoms with E-state index >= 15 is 0 Å². The molecular weight excluding hydrogens is 304 g/mol. The Morgan fingerprint density at radius 3 is 2.54 bits per heavy atom. The number of rotatable bonds is 8. The number of aliphatic hydroxyl groups is 1. The average Bonchev–Trinajstić information content (AvgIpc) is 3.07. The number of carbonyl (C=O) groups excluding carboxylic acids is 1. The van der Waals surface area contributed by atoms with E-state index in [0.717, 1.165) is 24.1 Å². The molecule has 0 aliphatic carbocycles. The van der Waals surface area contributed by atoms with E-state index in [0.29, 0.717) is 18.4 Å². The number of nitrogens with zero attached hydrogens (tertiary/aromatic N) is 3. The molecule has 0 fully saturated rings. The van der Waals surface area contributed by atoms with Gasteiger partial charge in [0.15, 0.2) is 0 Å². The summed E-state index contributed by atoms with van der Waals surface area (Å²) in [6.07, 6.45) is 6.23. The summed E-state index contributed by atoms with van der Waals surface area (Å²) in [6.45, 7) is 6.24. The van der Waals surface area contributed by atoms with Crippen LogP contribution in [-0.4, -0.2) is 37.9 Å². The quantitative estimate of drug-likeness (QED) is 0.780. The van der Waals surface area contributed by atoms with E-state index in [9.17, 15) is 9.90 Å². The number of amides is 1. The van der Waals surface area contributed by atoms with Gasteiger partial charge in [0.05, 0.1) is 11.3 Å². The monoisotopic (exact) mass is 330 g/mol. The Morgan fingerprint density at radius 2 is 2.00 bits per heavy atom. The first kappa shape index (κ1) is 18.1. The van der Waals surface area contributed by atoms with Gasteiger partial charge >= 0.3 is 0 Å². The van der Waals surface area contributed by atoms with Gasteiger partial charge in [0.2, 0.25) is 0 Å². The second-order valence-corrected chi connectivity index (χ2v) is 6.25. The van der Waals surface area contributed by atoms with Crippen molar-refractivity contribution in [2.75, 3.05) is 6.54 Å². The van der Waals surface area contributed by atoms with Crippen LogP contribution in [0.4, 0.5) is 0 Å². The van der Waals surface area contributed by atoms with Crippen LogP contribution >= 0.6 is 0 Å². The predicted molar refractivity (Wildman–Crippen MR) is 93.2 cm³/mol. The summed E-state index contributed by atoms with van der Waals surface area (Å²) in [6, 6.07) is 5.51. The molecule has 1 aromatic heterocycles. The molecule has 2 rings (SSSR count). The van der Waals surface area contributed by atoms with Crippen LogP contribution in [0.5, 0.6) is 0 Å². The van der Waals surface area contributed by atoms with Crippen molar-refractivity contribution in [3.8, 4) is 5.69 Å². The van der Waals surface area contributed by atoms with Gasteiger partial charge in [-0.15, -0.1) is 0 Å². The van der Waals surface area contributed by atoms with Crippen LogP contribution in [0.3, 0.4) is 0 Å². The van der Waals surface area contributed by atoms with Crippen LogP contribution in [0.2, 0.25) is 0 Å². The first-order chi connectivity index (χ1) is 11.5. The molecule has 0 aliphatic heterocycles. The Balaban J connectivity index is 2.07. The SMILES string of the molecule is CCCC(O)(CCC)CNC(=O)c1ccc(-n2cncn2)cc1C. The van der Waals surface area contributed by atoms with Crippen molar-refractivity contribution in [3.63, 3.8) is 0 Å². The second kappa shape index (κ2) is 8.06. The zero-order chi connectivity index (χ0) is 17.6. The molecule has 2 N–H and O–H groups in total. The van der Waals surface area contributed by atoms with Gasteiger partial charge in [0.1, 0.15) is 12.7 Å². The fraction of sp³-hybridized carbons (Fsp3) is 0.500. The maximum atomic E-state index is 12.5. The molecule has 0 atom stereocenters. The van der Waals surface area contributed by atoms with Crippen LogP contribution in [0.25, 0.3) is 5.69 Å². The second-order valence-electron chi connectivity index (χ2n) is 6.25. The minimum absolute atomic E-state index is 0.164. The first-order valence-electron chi connectivity index (χ1n) is 8.45. The average molecular weight is 330 g/mol. The highest BCUT2D eigenvalue weighted by atomic mass is 16.3. The highest BCUT2D eigenvalue weighted by Crippen LogP contribution is 2.19. The summed E-state index contributed by atoms with van der Waals surface area (Å²) >= 11 is 0. The number of hydrogen-bond donors (Lipinski definition) is 2. The maximum absolute atomic E-state index is 12.5. The van der Waals surface area contributed by atoms with Crippen molar-refractivity contribution >= 4 is 5.91 Å². The Kier molecular flexibility index (Phi) is 6.09. The van der Waals surface area contributed by atoms with Crippen LogP contribution in [-0.2, 0) is 0 Å². The lowest BCUT2D eigenvalue weighted by Gasteiger charge is -2.28. The molecule has 0 spiro atoms. The van der Waals surface area contributed by atoms with E-state index in [1.165, 1.54) is 6.33 Å². The van der Waals surface area contributed by atoms with Gasteiger partial charge in [-0.05, 0) is 43.5 Å². The van der Waals surface area contributed by atoms with Crippen molar-refractivity contribution in [1.29, 1.82) is 0 Å². The summed E-state index contributed by atoms with van der Waals surface area (Å²) in [4.78, 5) is 16.4. The highest BCUT2D eigenvalue weighted by Gasteiger charge is 2.25. The van der Waals surface area contributed by atoms with Gasteiger partial charge in [0, 0.05) is 12.1 Å². The molecule has 1 amide bonds. The molecule has 6 nitrogen and oxygen atoms in total. The van der Waals surface area contributed by atoms with Crippen LogP contribution in [0.1, 0.15) is 55.5 Å². The van der Waals surface area contributed by atoms with Crippen LogP contribution in [0.15, 0.2) is 30.9 Å². The molecular formula is C18H26N4O2. The van der Waals surface area contributed by atoms with E-state index in [-0.39, 0.29) is 12.5 Å². The molecule has 130 valence electrons. The van der Waals surface area contributed by atoms with Gasteiger partial charge in [-0.25, -0.2) is 9.67 Å². The summed E-state index contributed by atoms with van der Waals surface area (Å²) < 4.78 is 1.65. The molecule has 6 heteroatoms. The molecule has 1 aromatic carbocycles. The number of carbonyl (C=O) groups is 1. The largest absolute Gasteiger partial charge is 0.388 e. The Bertz CT molecular complexity index is 662. The molecule has 24 heavy (non-hydrogen) atoms. The fourth-order valence-corrected chi connectivity index (χ4v) is 2.96. The zero-order valence-corrected chi connectivity index (χ0v) is 14.6. The Morgan fingerprint density at radius 1 is 1.29 bits per heavy atom. The smallest absolute Gasteiger partial charge is 0.251 e. The molecule has 0 unspecified atom stereocenters. The van der Waals surface area contributed by atoms with Gasteiger partial charge in [0.25, 0.3) is 5.91 Å². The number of aryl methyl sites for hydroxylation is 1. The zero-order valence-electron chi connectivity index (χ0n) is 14.6. The van der Waals surface area contributed by atoms with Crippen molar-refractivity contribution < 1.29 is 9.90 Å². The predicted octanol–water partition coefficient (Wildman–Crippen LogP) is 2.64. The standard InChI is InChI=1S/C18H26N4O2/c1-4-8-18(24,9-5-2)11-20-17(23)16-7-6-15(10-14(16)3)22-13-19-12-21-22/h6-7,10,12-13,24H,4-5,8-9,11H2,1-3H3,(H,20,23). The minimum atomic E-state index is -0.826. The maximum Gasteiger partial charge on any atom is 0.251 e. The fourth-order valence-electron chi connectivity index (χ4n) is 2.96. The summed E-state index contributed by atoms with van der Waals surface area (Å²) in [5, 5.41) is 17.6. The van der Waals surface area contributed by atoms with E-state index in [4.69, 9.17) is 0 Å². The Hall–Kier alpha value is -2.21. The van der Waals surface area contributed by atoms with Gasteiger partial charge in [-0.1, -0.05) is 26.7 Å². The number of benzene rings is 1. The van der Waals surface area contributed by atoms with E-state index in [1.54, 1.807) is 17.1 Å². The highest BCUT2D eigenvalue weighted by molar-refractivity contribution is 5.95. The van der Waals surface area contributed by atoms with Crippen molar-refractivity contribution in [3.05, 3.63) is 42.0 Å². The van der Waals surface area contributed by atoms with Crippen molar-refractivity contribution in [1.82, 2.24) is 20.1 Å². The third kappa shape index (κ3) is 4.41. The topological polar surface area (TPSA) is 80.0 Å². The number of nitrogens with one attached hydrogen (secondary N) is 1. The molecule has 0 aliphatic rings. The van der Waals surface area contributed by atoms with E-state index < -0.39 is 5.60 Å². The van der Waals surface area contributed by atoms with E-state index in [1.807, 2.05) is 32.9 Å². The normalized spacial score (nSPS) is 11.5. The summed E-state index contributed by atoms with van der Waals surface area (Å²) in [5.74, 6) is -0.164. The molecule has 0 radical (unpaired) electrons. The molecule has 0 saturated carbocycles. The third-order valence-electron chi connectivity index (χ3n) is 4.15. The molecule has 0 bridgehead atoms. The van der Waals surface area contributed by atoms with Gasteiger partial charge < -0.3 is 10.4 Å². The lowest BCUT2D eigenvalue weighted by molar-refractivity contribution is 0.0213. The lowest BCUT2D eigenvalue weighted by atomic mass is 9.92. The molecule has 0 saturated heterocycles. The van der Waals surface area contributed by atoms with Crippen LogP contribution in [0, 0.1) is 6.92 Å². The minimum Gasteiger partial charge on any atom is -0.388 e. The number of aromatic nitrogens is 3. The first-order valence-corrected chi connectivity index (χ1v) is 8.45. The van der Waals surface area contributed by atoms with Gasteiger partial charge in [-0.3, -0.25) is 4.79 Å². The molecule has 2 aromatic rings. The van der Waals surface area contributed by atoms with Gasteiger partial charge in [-0.2, -0.15) is 5.10 Å². The van der Waals surface area contributed by atoms with Crippen molar-refractivity contribution in [2.45, 2.75) is 52.1 Å². The van der Waals surface area contributed by atoms with E-state index in [2.05, 4.69) is 15.4 Å². The summed E-state index contributed by atoms with van der Waals surface area (Å²) in [5.41, 5.74) is 1.49. The third-order valence-corrected chi connectivity index (χ3v) is 4.15. The molecule has 1 heterocycles. The van der Waals surface area contributed by atoms with Crippen LogP contribution < -0.4 is 5.32 Å². The van der Waals surface area contributed by atoms with Crippen molar-refractivity contribution in [2.24, 2.45) is 0 Å². The number of hydrogen-bond acceptors (Lipinski definition) is 4. The summed E-state index contributed by atoms with van der Waals surface area (Å²) in [7, 11) is 0.